The van der Waals surface area contributed by atoms with E-state index in [9.17, 15) is 14.0 Å². The molecule has 1 amide bonds. The second kappa shape index (κ2) is 7.68. The van der Waals surface area contributed by atoms with Crippen LogP contribution in [-0.4, -0.2) is 29.7 Å². The Balaban J connectivity index is 1.82. The highest BCUT2D eigenvalue weighted by Gasteiger charge is 2.33. The number of methoxy groups -OCH3 is 1. The minimum Gasteiger partial charge on any atom is -0.496 e. The van der Waals surface area contributed by atoms with Gasteiger partial charge >= 0.3 is 0 Å². The Hall–Kier alpha value is -2.69. The smallest absolute Gasteiger partial charge is 0.227 e. The molecule has 4 nitrogen and oxygen atoms in total. The molecule has 1 saturated carbocycles. The van der Waals surface area contributed by atoms with Crippen LogP contribution in [0.2, 0.25) is 0 Å². The zero-order chi connectivity index (χ0) is 18.7. The second-order valence-corrected chi connectivity index (χ2v) is 6.60. The van der Waals surface area contributed by atoms with Gasteiger partial charge in [-0.3, -0.25) is 9.59 Å². The van der Waals surface area contributed by atoms with E-state index in [0.717, 1.165) is 12.8 Å². The van der Waals surface area contributed by atoms with Gasteiger partial charge in [-0.05, 0) is 44.0 Å². The van der Waals surface area contributed by atoms with Gasteiger partial charge in [0, 0.05) is 29.3 Å². The highest BCUT2D eigenvalue weighted by molar-refractivity contribution is 5.94. The number of amides is 1. The van der Waals surface area contributed by atoms with Crippen LogP contribution >= 0.6 is 0 Å². The maximum Gasteiger partial charge on any atom is 0.227 e. The van der Waals surface area contributed by atoms with Crippen molar-refractivity contribution in [1.82, 2.24) is 4.90 Å². The fourth-order valence-corrected chi connectivity index (χ4v) is 3.02. The molecule has 0 unspecified atom stereocenters. The van der Waals surface area contributed by atoms with E-state index >= 15 is 0 Å². The predicted octanol–water partition coefficient (Wildman–Crippen LogP) is 3.77. The number of ketones is 1. The summed E-state index contributed by atoms with van der Waals surface area (Å²) in [6.07, 6.45) is 1.99. The van der Waals surface area contributed by atoms with Crippen LogP contribution in [0, 0.1) is 5.82 Å². The third-order valence-corrected chi connectivity index (χ3v) is 4.64. The zero-order valence-corrected chi connectivity index (χ0v) is 15.0. The number of nitrogens with zero attached hydrogens (tertiary/aromatic N) is 1. The SMILES string of the molecule is COc1ccc(C(C)=O)cc1CC(=O)N(Cc1ccccc1F)C1CC1. The summed E-state index contributed by atoms with van der Waals surface area (Å²) in [6, 6.07) is 11.8. The lowest BCUT2D eigenvalue weighted by Gasteiger charge is -2.23. The largest absolute Gasteiger partial charge is 0.496 e. The standard InChI is InChI=1S/C21H22FNO3/c1-14(24)15-7-10-20(26-2)17(11-15)12-21(25)23(18-8-9-18)13-16-5-3-4-6-19(16)22/h3-7,10-11,18H,8-9,12-13H2,1-2H3. The van der Waals surface area contributed by atoms with E-state index < -0.39 is 0 Å². The van der Waals surface area contributed by atoms with Crippen LogP contribution in [0.4, 0.5) is 4.39 Å². The molecule has 0 aromatic heterocycles. The van der Waals surface area contributed by atoms with Crippen LogP contribution in [-0.2, 0) is 17.8 Å². The van der Waals surface area contributed by atoms with Gasteiger partial charge < -0.3 is 9.64 Å². The molecule has 0 atom stereocenters. The first-order valence-corrected chi connectivity index (χ1v) is 8.70. The van der Waals surface area contributed by atoms with E-state index in [-0.39, 0.29) is 36.5 Å². The first kappa shape index (κ1) is 18.1. The van der Waals surface area contributed by atoms with Gasteiger partial charge in [-0.25, -0.2) is 4.39 Å². The van der Waals surface area contributed by atoms with Gasteiger partial charge in [0.25, 0.3) is 0 Å². The molecule has 1 fully saturated rings. The van der Waals surface area contributed by atoms with Gasteiger partial charge in [0.1, 0.15) is 11.6 Å². The van der Waals surface area contributed by atoms with Crippen LogP contribution < -0.4 is 4.74 Å². The van der Waals surface area contributed by atoms with Crippen molar-refractivity contribution in [3.8, 4) is 5.75 Å². The molecule has 2 aromatic carbocycles. The van der Waals surface area contributed by atoms with Gasteiger partial charge in [-0.15, -0.1) is 0 Å². The maximum absolute atomic E-state index is 14.0. The molecule has 0 aliphatic heterocycles. The summed E-state index contributed by atoms with van der Waals surface area (Å²) in [6.45, 7) is 1.74. The third kappa shape index (κ3) is 4.10. The second-order valence-electron chi connectivity index (χ2n) is 6.60. The average Bonchev–Trinajstić information content (AvgIpc) is 3.45. The first-order chi connectivity index (χ1) is 12.5. The number of carbonyl (C=O) groups excluding carboxylic acids is 2. The van der Waals surface area contributed by atoms with E-state index in [1.54, 1.807) is 41.3 Å². The van der Waals surface area contributed by atoms with Gasteiger partial charge in [0.15, 0.2) is 5.78 Å². The maximum atomic E-state index is 14.0. The Labute approximate surface area is 152 Å². The van der Waals surface area contributed by atoms with Crippen molar-refractivity contribution in [1.29, 1.82) is 0 Å². The molecule has 0 radical (unpaired) electrons. The molecule has 136 valence electrons. The first-order valence-electron chi connectivity index (χ1n) is 8.70. The summed E-state index contributed by atoms with van der Waals surface area (Å²) < 4.78 is 19.3. The molecule has 26 heavy (non-hydrogen) atoms. The third-order valence-electron chi connectivity index (χ3n) is 4.64. The van der Waals surface area contributed by atoms with E-state index in [0.29, 0.717) is 22.4 Å². The number of halogens is 1. The molecular formula is C21H22FNO3. The van der Waals surface area contributed by atoms with Crippen molar-refractivity contribution in [2.24, 2.45) is 0 Å². The molecule has 0 saturated heterocycles. The summed E-state index contributed by atoms with van der Waals surface area (Å²) in [5.41, 5.74) is 1.72. The van der Waals surface area contributed by atoms with Crippen molar-refractivity contribution >= 4 is 11.7 Å². The van der Waals surface area contributed by atoms with Gasteiger partial charge in [0.05, 0.1) is 13.5 Å². The Morgan fingerprint density at radius 3 is 2.50 bits per heavy atom. The van der Waals surface area contributed by atoms with Gasteiger partial charge in [0.2, 0.25) is 5.91 Å². The molecule has 3 rings (SSSR count). The number of rotatable bonds is 7. The lowest BCUT2D eigenvalue weighted by molar-refractivity contribution is -0.131. The number of ether oxygens (including phenoxy) is 1. The fourth-order valence-electron chi connectivity index (χ4n) is 3.02. The molecule has 0 heterocycles. The molecule has 5 heteroatoms. The van der Waals surface area contributed by atoms with Crippen LogP contribution in [0.25, 0.3) is 0 Å². The molecule has 2 aromatic rings. The lowest BCUT2D eigenvalue weighted by Crippen LogP contribution is -2.34. The van der Waals surface area contributed by atoms with E-state index in [1.165, 1.54) is 20.1 Å². The van der Waals surface area contributed by atoms with Crippen molar-refractivity contribution in [2.45, 2.75) is 38.8 Å². The van der Waals surface area contributed by atoms with Crippen molar-refractivity contribution < 1.29 is 18.7 Å². The molecule has 1 aliphatic rings. The Bertz CT molecular complexity index is 830. The number of benzene rings is 2. The van der Waals surface area contributed by atoms with Crippen LogP contribution in [0.3, 0.4) is 0 Å². The topological polar surface area (TPSA) is 46.6 Å². The molecular weight excluding hydrogens is 333 g/mol. The minimum absolute atomic E-state index is 0.0632. The van der Waals surface area contributed by atoms with E-state index in [4.69, 9.17) is 4.74 Å². The number of carbonyl (C=O) groups is 2. The van der Waals surface area contributed by atoms with E-state index in [2.05, 4.69) is 0 Å². The molecule has 1 aliphatic carbocycles. The van der Waals surface area contributed by atoms with Gasteiger partial charge in [-0.2, -0.15) is 0 Å². The van der Waals surface area contributed by atoms with Crippen LogP contribution in [0.1, 0.15) is 41.3 Å². The molecule has 0 N–H and O–H groups in total. The summed E-state index contributed by atoms with van der Waals surface area (Å²) >= 11 is 0. The Morgan fingerprint density at radius 1 is 1.15 bits per heavy atom. The predicted molar refractivity (Wildman–Crippen MR) is 96.7 cm³/mol. The lowest BCUT2D eigenvalue weighted by atomic mass is 10.0. The molecule has 0 spiro atoms. The normalized spacial score (nSPS) is 13.3. The van der Waals surface area contributed by atoms with Crippen LogP contribution in [0.15, 0.2) is 42.5 Å². The van der Waals surface area contributed by atoms with Crippen molar-refractivity contribution in [3.05, 3.63) is 65.0 Å². The molecule has 0 bridgehead atoms. The monoisotopic (exact) mass is 355 g/mol. The Kier molecular flexibility index (Phi) is 5.35. The highest BCUT2D eigenvalue weighted by Crippen LogP contribution is 2.30. The summed E-state index contributed by atoms with van der Waals surface area (Å²) in [4.78, 5) is 26.3. The zero-order valence-electron chi connectivity index (χ0n) is 15.0. The minimum atomic E-state index is -0.304. The number of Topliss-reactive ketones (excluding diaryl/α,β-unsaturated/α-hetero) is 1. The van der Waals surface area contributed by atoms with Crippen molar-refractivity contribution in [2.75, 3.05) is 7.11 Å². The van der Waals surface area contributed by atoms with Crippen molar-refractivity contribution in [3.63, 3.8) is 0 Å². The quantitative estimate of drug-likeness (QED) is 0.710. The van der Waals surface area contributed by atoms with Crippen LogP contribution in [0.5, 0.6) is 5.75 Å². The number of hydrogen-bond acceptors (Lipinski definition) is 3. The summed E-state index contributed by atoms with van der Waals surface area (Å²) in [5.74, 6) is 0.119. The fraction of sp³-hybridized carbons (Fsp3) is 0.333. The number of hydrogen-bond donors (Lipinski definition) is 0. The van der Waals surface area contributed by atoms with E-state index in [1.807, 2.05) is 0 Å². The Morgan fingerprint density at radius 2 is 1.88 bits per heavy atom. The van der Waals surface area contributed by atoms with Gasteiger partial charge in [-0.1, -0.05) is 18.2 Å². The summed E-state index contributed by atoms with van der Waals surface area (Å²) in [5, 5.41) is 0. The highest BCUT2D eigenvalue weighted by atomic mass is 19.1. The summed E-state index contributed by atoms with van der Waals surface area (Å²) in [7, 11) is 1.54. The average molecular weight is 355 g/mol.